The van der Waals surface area contributed by atoms with Crippen LogP contribution in [0.2, 0.25) is 13.1 Å². The molecule has 2 heterocycles. The molecule has 4 aromatic rings. The van der Waals surface area contributed by atoms with E-state index in [4.69, 9.17) is 9.16 Å². The van der Waals surface area contributed by atoms with Gasteiger partial charge < -0.3 is 14.1 Å². The summed E-state index contributed by atoms with van der Waals surface area (Å²) in [6.45, 7) is 14.3. The van der Waals surface area contributed by atoms with Gasteiger partial charge in [-0.3, -0.25) is 0 Å². The lowest BCUT2D eigenvalue weighted by Crippen LogP contribution is -2.38. The lowest BCUT2D eigenvalue weighted by molar-refractivity contribution is -0.136. The summed E-state index contributed by atoms with van der Waals surface area (Å²) in [5, 5.41) is 18.9. The van der Waals surface area contributed by atoms with Gasteiger partial charge >= 0.3 is 5.97 Å². The van der Waals surface area contributed by atoms with Crippen molar-refractivity contribution >= 4 is 73.7 Å². The summed E-state index contributed by atoms with van der Waals surface area (Å²) in [7, 11) is -2.08. The highest BCUT2D eigenvalue weighted by molar-refractivity contribution is 7.30. The van der Waals surface area contributed by atoms with Gasteiger partial charge in [0.05, 0.1) is 16.1 Å². The summed E-state index contributed by atoms with van der Waals surface area (Å²) in [4.78, 5) is 19.0. The first-order valence-corrected chi connectivity index (χ1v) is 18.1. The number of thiazole rings is 1. The van der Waals surface area contributed by atoms with Crippen molar-refractivity contribution in [1.82, 2.24) is 4.98 Å². The van der Waals surface area contributed by atoms with Crippen LogP contribution in [0.4, 0.5) is 27.2 Å². The number of benzene rings is 2. The second kappa shape index (κ2) is 14.4. The van der Waals surface area contributed by atoms with Crippen molar-refractivity contribution in [2.75, 3.05) is 30.8 Å². The van der Waals surface area contributed by atoms with E-state index in [1.54, 1.807) is 0 Å². The molecule has 2 aromatic carbocycles. The van der Waals surface area contributed by atoms with Gasteiger partial charge in [-0.25, -0.2) is 9.78 Å². The Morgan fingerprint density at radius 2 is 1.63 bits per heavy atom. The molecule has 4 rings (SSSR count). The number of fused-ring (bicyclic) bond motifs is 1. The number of esters is 1. The van der Waals surface area contributed by atoms with Crippen molar-refractivity contribution in [1.29, 1.82) is 0 Å². The van der Waals surface area contributed by atoms with E-state index in [2.05, 4.69) is 62.9 Å². The van der Waals surface area contributed by atoms with E-state index in [1.165, 1.54) is 34.4 Å². The maximum atomic E-state index is 11.3. The van der Waals surface area contributed by atoms with E-state index in [-0.39, 0.29) is 0 Å². The molecule has 41 heavy (non-hydrogen) atoms. The van der Waals surface area contributed by atoms with Crippen LogP contribution in [0.1, 0.15) is 19.4 Å². The van der Waals surface area contributed by atoms with Crippen LogP contribution < -0.4 is 4.90 Å². The van der Waals surface area contributed by atoms with Crippen LogP contribution >= 0.6 is 22.7 Å². The molecule has 0 aliphatic carbocycles. The first-order chi connectivity index (χ1) is 19.8. The molecule has 0 N–H and O–H groups in total. The van der Waals surface area contributed by atoms with Crippen LogP contribution in [0.15, 0.2) is 87.7 Å². The van der Waals surface area contributed by atoms with E-state index >= 15 is 0 Å². The Morgan fingerprint density at radius 1 is 0.976 bits per heavy atom. The molecule has 0 spiro atoms. The standard InChI is InChI=1S/C29H34N6O3S2Si/c1-6-27(36)37-20-41(4,5)38-18-17-21-9-11-22(12-10-21)31-33-26-19-25-28(40-26)30-29(39-25)34-32-23-13-15-24(16-14-23)35(7-2)8-3/h6,9-16,19H,1,7-8,17-18,20H2,2-5H3. The van der Waals surface area contributed by atoms with Crippen molar-refractivity contribution in [2.45, 2.75) is 33.4 Å². The number of aromatic nitrogens is 1. The van der Waals surface area contributed by atoms with Crippen LogP contribution in [-0.2, 0) is 20.4 Å². The summed E-state index contributed by atoms with van der Waals surface area (Å²) in [5.41, 5.74) is 3.88. The van der Waals surface area contributed by atoms with Crippen molar-refractivity contribution in [3.63, 3.8) is 0 Å². The fraction of sp³-hybridized carbons (Fsp3) is 0.310. The second-order valence-corrected chi connectivity index (χ2v) is 15.8. The largest absolute Gasteiger partial charge is 0.463 e. The average Bonchev–Trinajstić information content (AvgIpc) is 3.54. The number of carbonyl (C=O) groups excluding carboxylic acids is 1. The molecule has 0 unspecified atom stereocenters. The number of anilines is 1. The van der Waals surface area contributed by atoms with Crippen molar-refractivity contribution < 1.29 is 14.0 Å². The predicted molar refractivity (Wildman–Crippen MR) is 171 cm³/mol. The van der Waals surface area contributed by atoms with Gasteiger partial charge in [0.25, 0.3) is 0 Å². The number of carbonyl (C=O) groups is 1. The Bertz CT molecular complexity index is 1480. The molecule has 2 aromatic heterocycles. The Kier molecular flexibility index (Phi) is 10.6. The van der Waals surface area contributed by atoms with Gasteiger partial charge in [-0.1, -0.05) is 41.4 Å². The number of hydrogen-bond donors (Lipinski definition) is 0. The average molecular weight is 607 g/mol. The Hall–Kier alpha value is -3.58. The number of ether oxygens (including phenoxy) is 1. The minimum absolute atomic E-state index is 0.310. The molecular weight excluding hydrogens is 573 g/mol. The number of azo groups is 2. The van der Waals surface area contributed by atoms with Gasteiger partial charge in [-0.05, 0) is 81.4 Å². The number of thiophene rings is 1. The van der Waals surface area contributed by atoms with Crippen LogP contribution in [0.25, 0.3) is 9.53 Å². The van der Waals surface area contributed by atoms with E-state index < -0.39 is 14.3 Å². The third-order valence-corrected chi connectivity index (χ3v) is 9.86. The molecule has 12 heteroatoms. The number of nitrogens with zero attached hydrogens (tertiary/aromatic N) is 6. The van der Waals surface area contributed by atoms with Crippen LogP contribution in [0.3, 0.4) is 0 Å². The quantitative estimate of drug-likeness (QED) is 0.0617. The number of hydrogen-bond acceptors (Lipinski definition) is 11. The molecule has 0 aliphatic rings. The molecule has 214 valence electrons. The van der Waals surface area contributed by atoms with Crippen LogP contribution in [0.5, 0.6) is 0 Å². The fourth-order valence-electron chi connectivity index (χ4n) is 3.85. The summed E-state index contributed by atoms with van der Waals surface area (Å²) in [6, 6.07) is 18.0. The topological polar surface area (TPSA) is 101 Å². The fourth-order valence-corrected chi connectivity index (χ4v) is 6.93. The van der Waals surface area contributed by atoms with E-state index in [9.17, 15) is 4.79 Å². The first kappa shape index (κ1) is 30.4. The molecule has 0 atom stereocenters. The molecular formula is C29H34N6O3S2Si. The molecule has 0 amide bonds. The summed E-state index contributed by atoms with van der Waals surface area (Å²) < 4.78 is 12.2. The van der Waals surface area contributed by atoms with E-state index in [0.717, 1.165) is 51.0 Å². The highest BCUT2D eigenvalue weighted by atomic mass is 32.1. The molecule has 0 aliphatic heterocycles. The third-order valence-electron chi connectivity index (χ3n) is 6.11. The van der Waals surface area contributed by atoms with Gasteiger partial charge in [-0.2, -0.15) is 0 Å². The molecule has 0 saturated carbocycles. The maximum absolute atomic E-state index is 11.3. The van der Waals surface area contributed by atoms with Gasteiger partial charge in [0.1, 0.15) is 16.1 Å². The highest BCUT2D eigenvalue weighted by Crippen LogP contribution is 2.39. The van der Waals surface area contributed by atoms with Crippen LogP contribution in [0, 0.1) is 0 Å². The molecule has 0 fully saturated rings. The van der Waals surface area contributed by atoms with Gasteiger partial charge in [0, 0.05) is 31.5 Å². The molecule has 0 radical (unpaired) electrons. The van der Waals surface area contributed by atoms with Crippen molar-refractivity contribution in [3.05, 3.63) is 72.8 Å². The Labute approximate surface area is 249 Å². The molecule has 9 nitrogen and oxygen atoms in total. The summed E-state index contributed by atoms with van der Waals surface area (Å²) in [5.74, 6) is -0.419. The normalized spacial score (nSPS) is 12.0. The lowest BCUT2D eigenvalue weighted by Gasteiger charge is -2.22. The van der Waals surface area contributed by atoms with Crippen LogP contribution in [-0.4, -0.2) is 45.2 Å². The molecule has 0 saturated heterocycles. The third kappa shape index (κ3) is 8.95. The minimum Gasteiger partial charge on any atom is -0.463 e. The van der Waals surface area contributed by atoms with E-state index in [1.807, 2.05) is 55.6 Å². The molecule has 0 bridgehead atoms. The summed E-state index contributed by atoms with van der Waals surface area (Å²) >= 11 is 2.96. The minimum atomic E-state index is -2.08. The van der Waals surface area contributed by atoms with Gasteiger partial charge in [-0.15, -0.1) is 20.5 Å². The monoisotopic (exact) mass is 606 g/mol. The lowest BCUT2D eigenvalue weighted by atomic mass is 10.1. The van der Waals surface area contributed by atoms with Gasteiger partial charge in [0.15, 0.2) is 0 Å². The number of rotatable bonds is 14. The Morgan fingerprint density at radius 3 is 2.27 bits per heavy atom. The second-order valence-electron chi connectivity index (χ2n) is 9.68. The first-order valence-electron chi connectivity index (χ1n) is 13.4. The zero-order chi connectivity index (χ0) is 29.2. The zero-order valence-electron chi connectivity index (χ0n) is 23.7. The van der Waals surface area contributed by atoms with Gasteiger partial charge in [0.2, 0.25) is 13.4 Å². The maximum Gasteiger partial charge on any atom is 0.329 e. The highest BCUT2D eigenvalue weighted by Gasteiger charge is 2.24. The Balaban J connectivity index is 1.28. The SMILES string of the molecule is C=CC(=O)OC[Si](C)(C)OCCc1ccc(N=Nc2cc3sc(N=Nc4ccc(N(CC)CC)cc4)nc3s2)cc1. The summed E-state index contributed by atoms with van der Waals surface area (Å²) in [6.07, 6.45) is 2.24. The predicted octanol–water partition coefficient (Wildman–Crippen LogP) is 9.07. The van der Waals surface area contributed by atoms with Crippen molar-refractivity contribution in [2.24, 2.45) is 20.5 Å². The van der Waals surface area contributed by atoms with Crippen molar-refractivity contribution in [3.8, 4) is 0 Å². The van der Waals surface area contributed by atoms with E-state index in [0.29, 0.717) is 18.0 Å². The zero-order valence-corrected chi connectivity index (χ0v) is 26.4. The smallest absolute Gasteiger partial charge is 0.329 e.